The van der Waals surface area contributed by atoms with Gasteiger partial charge in [0.2, 0.25) is 5.91 Å². The number of aryl methyl sites for hydroxylation is 1. The molecule has 0 radical (unpaired) electrons. The van der Waals surface area contributed by atoms with Crippen molar-refractivity contribution in [2.24, 2.45) is 0 Å². The zero-order valence-corrected chi connectivity index (χ0v) is 13.4. The summed E-state index contributed by atoms with van der Waals surface area (Å²) in [5.74, 6) is 0.405. The van der Waals surface area contributed by atoms with Gasteiger partial charge in [0, 0.05) is 18.7 Å². The number of aromatic amines is 1. The number of morpholine rings is 1. The number of hydrogen-bond acceptors (Lipinski definition) is 4. The maximum Gasteiger partial charge on any atom is 0.251 e. The van der Waals surface area contributed by atoms with Crippen molar-refractivity contribution in [1.29, 1.82) is 0 Å². The second-order valence-corrected chi connectivity index (χ2v) is 5.62. The van der Waals surface area contributed by atoms with E-state index in [1.54, 1.807) is 24.0 Å². The van der Waals surface area contributed by atoms with Crippen molar-refractivity contribution in [3.05, 3.63) is 69.9 Å². The fourth-order valence-corrected chi connectivity index (χ4v) is 2.71. The highest BCUT2D eigenvalue weighted by Gasteiger charge is 2.29. The van der Waals surface area contributed by atoms with Gasteiger partial charge in [0.25, 0.3) is 5.56 Å². The van der Waals surface area contributed by atoms with E-state index in [0.717, 1.165) is 5.56 Å². The first-order valence-electron chi connectivity index (χ1n) is 7.83. The van der Waals surface area contributed by atoms with Crippen molar-refractivity contribution < 1.29 is 9.53 Å². The van der Waals surface area contributed by atoms with Gasteiger partial charge in [-0.1, -0.05) is 30.3 Å². The van der Waals surface area contributed by atoms with Crippen molar-refractivity contribution in [2.75, 3.05) is 19.8 Å². The van der Waals surface area contributed by atoms with Gasteiger partial charge in [-0.3, -0.25) is 9.59 Å². The number of aromatic nitrogens is 2. The van der Waals surface area contributed by atoms with Gasteiger partial charge in [-0.05, 0) is 18.6 Å². The first-order chi connectivity index (χ1) is 11.6. The molecule has 1 unspecified atom stereocenters. The van der Waals surface area contributed by atoms with Crippen LogP contribution in [0.3, 0.4) is 0 Å². The molecule has 1 N–H and O–H groups in total. The lowest BCUT2D eigenvalue weighted by Gasteiger charge is -2.34. The summed E-state index contributed by atoms with van der Waals surface area (Å²) in [6.45, 7) is 3.00. The summed E-state index contributed by atoms with van der Waals surface area (Å²) in [5.41, 5.74) is 1.29. The zero-order chi connectivity index (χ0) is 16.9. The standard InChI is InChI=1S/C18H19N3O3/c1-13-19-15(11-17(22)20-13)16-12-24-10-9-21(16)18(23)8-7-14-5-3-2-4-6-14/h2-8,11,16H,9-10,12H2,1H3,(H,19,20,22). The van der Waals surface area contributed by atoms with E-state index in [4.69, 9.17) is 4.74 Å². The van der Waals surface area contributed by atoms with Crippen LogP contribution in [-0.4, -0.2) is 40.5 Å². The number of benzene rings is 1. The van der Waals surface area contributed by atoms with E-state index in [0.29, 0.717) is 31.3 Å². The van der Waals surface area contributed by atoms with Crippen LogP contribution in [-0.2, 0) is 9.53 Å². The van der Waals surface area contributed by atoms with Crippen molar-refractivity contribution in [3.8, 4) is 0 Å². The highest BCUT2D eigenvalue weighted by Crippen LogP contribution is 2.22. The summed E-state index contributed by atoms with van der Waals surface area (Å²) >= 11 is 0. The minimum atomic E-state index is -0.354. The molecule has 1 atom stereocenters. The van der Waals surface area contributed by atoms with Gasteiger partial charge in [0.05, 0.1) is 24.9 Å². The third kappa shape index (κ3) is 3.78. The fraction of sp³-hybridized carbons (Fsp3) is 0.278. The van der Waals surface area contributed by atoms with Crippen LogP contribution in [0.5, 0.6) is 0 Å². The number of H-pyrrole nitrogens is 1. The Labute approximate surface area is 139 Å². The molecule has 124 valence electrons. The lowest BCUT2D eigenvalue weighted by molar-refractivity contribution is -0.134. The largest absolute Gasteiger partial charge is 0.377 e. The van der Waals surface area contributed by atoms with Crippen molar-refractivity contribution >= 4 is 12.0 Å². The lowest BCUT2D eigenvalue weighted by Crippen LogP contribution is -2.43. The van der Waals surface area contributed by atoms with Crippen LogP contribution in [0.1, 0.15) is 23.1 Å². The number of nitrogens with zero attached hydrogens (tertiary/aromatic N) is 2. The second-order valence-electron chi connectivity index (χ2n) is 5.62. The number of carbonyl (C=O) groups is 1. The normalized spacial score (nSPS) is 18.0. The Morgan fingerprint density at radius 1 is 1.38 bits per heavy atom. The van der Waals surface area contributed by atoms with E-state index in [-0.39, 0.29) is 17.5 Å². The van der Waals surface area contributed by atoms with Crippen LogP contribution in [0.25, 0.3) is 6.08 Å². The molecule has 2 aromatic rings. The molecule has 2 heterocycles. The number of ether oxygens (including phenoxy) is 1. The highest BCUT2D eigenvalue weighted by molar-refractivity contribution is 5.92. The van der Waals surface area contributed by atoms with Gasteiger partial charge < -0.3 is 14.6 Å². The molecule has 1 aromatic heterocycles. The molecule has 3 rings (SSSR count). The minimum Gasteiger partial charge on any atom is -0.377 e. The summed E-state index contributed by atoms with van der Waals surface area (Å²) in [5, 5.41) is 0. The molecule has 1 saturated heterocycles. The molecular formula is C18H19N3O3. The van der Waals surface area contributed by atoms with E-state index < -0.39 is 0 Å². The summed E-state index contributed by atoms with van der Waals surface area (Å²) in [7, 11) is 0. The third-order valence-corrected chi connectivity index (χ3v) is 3.85. The van der Waals surface area contributed by atoms with Crippen molar-refractivity contribution in [3.63, 3.8) is 0 Å². The quantitative estimate of drug-likeness (QED) is 0.872. The number of rotatable bonds is 3. The van der Waals surface area contributed by atoms with Crippen LogP contribution >= 0.6 is 0 Å². The molecule has 1 aliphatic rings. The van der Waals surface area contributed by atoms with Crippen molar-refractivity contribution in [2.45, 2.75) is 13.0 Å². The molecule has 1 amide bonds. The molecule has 6 nitrogen and oxygen atoms in total. The smallest absolute Gasteiger partial charge is 0.251 e. The molecule has 0 bridgehead atoms. The zero-order valence-electron chi connectivity index (χ0n) is 13.4. The molecule has 24 heavy (non-hydrogen) atoms. The Bertz CT molecular complexity index is 799. The van der Waals surface area contributed by atoms with Crippen molar-refractivity contribution in [1.82, 2.24) is 14.9 Å². The Kier molecular flexibility index (Phi) is 4.86. The molecule has 1 fully saturated rings. The first-order valence-corrected chi connectivity index (χ1v) is 7.83. The van der Waals surface area contributed by atoms with Gasteiger partial charge in [0.1, 0.15) is 5.82 Å². The maximum atomic E-state index is 12.6. The second kappa shape index (κ2) is 7.23. The molecule has 6 heteroatoms. The number of nitrogens with one attached hydrogen (secondary N) is 1. The molecule has 0 spiro atoms. The molecule has 0 saturated carbocycles. The molecule has 1 aliphatic heterocycles. The minimum absolute atomic E-state index is 0.119. The van der Waals surface area contributed by atoms with Crippen LogP contribution < -0.4 is 5.56 Å². The highest BCUT2D eigenvalue weighted by atomic mass is 16.5. The summed E-state index contributed by atoms with van der Waals surface area (Å²) in [6.07, 6.45) is 3.33. The van der Waals surface area contributed by atoms with Crippen LogP contribution in [0.2, 0.25) is 0 Å². The summed E-state index contributed by atoms with van der Waals surface area (Å²) in [6, 6.07) is 10.7. The van der Waals surface area contributed by atoms with Gasteiger partial charge in [-0.2, -0.15) is 0 Å². The fourth-order valence-electron chi connectivity index (χ4n) is 2.71. The van der Waals surface area contributed by atoms with Gasteiger partial charge in [-0.25, -0.2) is 4.98 Å². The monoisotopic (exact) mass is 325 g/mol. The van der Waals surface area contributed by atoms with E-state index >= 15 is 0 Å². The Morgan fingerprint density at radius 2 is 2.17 bits per heavy atom. The van der Waals surface area contributed by atoms with Gasteiger partial charge in [0.15, 0.2) is 0 Å². The van der Waals surface area contributed by atoms with E-state index in [1.165, 1.54) is 6.07 Å². The van der Waals surface area contributed by atoms with Gasteiger partial charge in [-0.15, -0.1) is 0 Å². The maximum absolute atomic E-state index is 12.6. The summed E-state index contributed by atoms with van der Waals surface area (Å²) < 4.78 is 5.49. The third-order valence-electron chi connectivity index (χ3n) is 3.85. The van der Waals surface area contributed by atoms with E-state index in [9.17, 15) is 9.59 Å². The predicted molar refractivity (Wildman–Crippen MR) is 90.3 cm³/mol. The molecule has 0 aliphatic carbocycles. The lowest BCUT2D eigenvalue weighted by atomic mass is 10.1. The Balaban J connectivity index is 1.82. The Hall–Kier alpha value is -2.73. The molecular weight excluding hydrogens is 306 g/mol. The van der Waals surface area contributed by atoms with E-state index in [2.05, 4.69) is 9.97 Å². The average Bonchev–Trinajstić information content (AvgIpc) is 2.60. The van der Waals surface area contributed by atoms with Gasteiger partial charge >= 0.3 is 0 Å². The average molecular weight is 325 g/mol. The van der Waals surface area contributed by atoms with E-state index in [1.807, 2.05) is 30.3 Å². The number of amides is 1. The first kappa shape index (κ1) is 16.1. The van der Waals surface area contributed by atoms with Crippen LogP contribution in [0.15, 0.2) is 47.3 Å². The number of carbonyl (C=O) groups excluding carboxylic acids is 1. The Morgan fingerprint density at radius 3 is 2.92 bits per heavy atom. The number of hydrogen-bond donors (Lipinski definition) is 1. The SMILES string of the molecule is Cc1nc(C2COCCN2C(=O)C=Cc2ccccc2)cc(=O)[nH]1. The topological polar surface area (TPSA) is 75.3 Å². The van der Waals surface area contributed by atoms with Crippen LogP contribution in [0.4, 0.5) is 0 Å². The van der Waals surface area contributed by atoms with Crippen LogP contribution in [0, 0.1) is 6.92 Å². The predicted octanol–water partition coefficient (Wildman–Crippen LogP) is 1.69. The molecule has 1 aromatic carbocycles. The summed E-state index contributed by atoms with van der Waals surface area (Å²) in [4.78, 5) is 33.0.